The molecule has 3 saturated heterocycles. The van der Waals surface area contributed by atoms with E-state index < -0.39 is 52.0 Å². The first-order valence-corrected chi connectivity index (χ1v) is 15.2. The Labute approximate surface area is 261 Å². The van der Waals surface area contributed by atoms with Gasteiger partial charge in [0.05, 0.1) is 55.9 Å². The van der Waals surface area contributed by atoms with Gasteiger partial charge in [-0.25, -0.2) is 13.8 Å². The summed E-state index contributed by atoms with van der Waals surface area (Å²) in [5.41, 5.74) is 1.02. The number of morpholine rings is 1. The molecule has 0 aliphatic carbocycles. The highest BCUT2D eigenvalue weighted by Crippen LogP contribution is 2.46. The maximum absolute atomic E-state index is 16.6. The second kappa shape index (κ2) is 11.6. The molecule has 0 bridgehead atoms. The van der Waals surface area contributed by atoms with Crippen LogP contribution in [-0.4, -0.2) is 103 Å². The molecule has 4 aliphatic heterocycles. The molecule has 7 rings (SSSR count). The molecule has 4 aliphatic rings. The minimum absolute atomic E-state index is 0.113. The number of pyridine rings is 1. The van der Waals surface area contributed by atoms with Crippen molar-refractivity contribution in [2.45, 2.75) is 44.1 Å². The number of alkyl halides is 3. The molecule has 1 aromatic carbocycles. The molecular formula is C30H34F5N7O4. The van der Waals surface area contributed by atoms with E-state index in [-0.39, 0.29) is 41.0 Å². The molecule has 11 nitrogen and oxygen atoms in total. The number of fused-ring (bicyclic) bond motifs is 2. The first-order valence-electron chi connectivity index (χ1n) is 15.2. The minimum Gasteiger partial charge on any atom is -0.472 e. The second-order valence-electron chi connectivity index (χ2n) is 12.2. The highest BCUT2D eigenvalue weighted by Gasteiger charge is 2.45. The van der Waals surface area contributed by atoms with Crippen LogP contribution in [0.5, 0.6) is 11.9 Å². The SMILES string of the molecule is Cc1c(F)c(N)cc(-c2nc3c4c(nc(OCCC5(N6CCOCC6)COC5)nc4c2F)N2CCNC[C@H]2[C@H](C)O3)c1C(F)(F)F. The number of hydrogen-bond acceptors (Lipinski definition) is 11. The van der Waals surface area contributed by atoms with Crippen LogP contribution < -0.4 is 25.4 Å². The first kappa shape index (κ1) is 31.0. The van der Waals surface area contributed by atoms with Crippen molar-refractivity contribution >= 4 is 22.4 Å². The van der Waals surface area contributed by atoms with E-state index in [0.717, 1.165) is 26.1 Å². The summed E-state index contributed by atoms with van der Waals surface area (Å²) in [4.78, 5) is 17.6. The fourth-order valence-corrected chi connectivity index (χ4v) is 6.87. The Morgan fingerprint density at radius 3 is 2.54 bits per heavy atom. The van der Waals surface area contributed by atoms with Crippen LogP contribution in [-0.2, 0) is 15.7 Å². The van der Waals surface area contributed by atoms with E-state index in [4.69, 9.17) is 29.7 Å². The van der Waals surface area contributed by atoms with Crippen molar-refractivity contribution in [2.24, 2.45) is 0 Å². The van der Waals surface area contributed by atoms with E-state index in [1.54, 1.807) is 6.92 Å². The number of nitrogens with zero attached hydrogens (tertiary/aromatic N) is 5. The number of rotatable bonds is 6. The van der Waals surface area contributed by atoms with Gasteiger partial charge in [0.25, 0.3) is 0 Å². The zero-order valence-corrected chi connectivity index (χ0v) is 25.3. The Morgan fingerprint density at radius 1 is 1.09 bits per heavy atom. The molecule has 0 amide bonds. The van der Waals surface area contributed by atoms with Gasteiger partial charge in [0.15, 0.2) is 5.82 Å². The Balaban J connectivity index is 1.35. The third kappa shape index (κ3) is 5.15. The van der Waals surface area contributed by atoms with Crippen LogP contribution >= 0.6 is 0 Å². The smallest absolute Gasteiger partial charge is 0.417 e. The maximum Gasteiger partial charge on any atom is 0.417 e. The molecule has 0 saturated carbocycles. The van der Waals surface area contributed by atoms with Crippen LogP contribution in [0, 0.1) is 18.6 Å². The molecule has 2 atom stereocenters. The summed E-state index contributed by atoms with van der Waals surface area (Å²) in [7, 11) is 0. The van der Waals surface area contributed by atoms with E-state index in [1.807, 2.05) is 4.90 Å². The van der Waals surface area contributed by atoms with Crippen molar-refractivity contribution in [1.82, 2.24) is 25.2 Å². The average Bonchev–Trinajstić information content (AvgIpc) is 3.13. The second-order valence-corrected chi connectivity index (χ2v) is 12.2. The Bertz CT molecular complexity index is 1670. The van der Waals surface area contributed by atoms with Crippen LogP contribution in [0.4, 0.5) is 33.5 Å². The van der Waals surface area contributed by atoms with Crippen LogP contribution in [0.1, 0.15) is 24.5 Å². The highest BCUT2D eigenvalue weighted by molar-refractivity contribution is 5.97. The van der Waals surface area contributed by atoms with Gasteiger partial charge in [0.2, 0.25) is 5.88 Å². The van der Waals surface area contributed by atoms with E-state index in [1.165, 1.54) is 0 Å². The number of nitrogen functional groups attached to an aromatic ring is 1. The summed E-state index contributed by atoms with van der Waals surface area (Å²) < 4.78 is 97.6. The van der Waals surface area contributed by atoms with Crippen LogP contribution in [0.2, 0.25) is 0 Å². The van der Waals surface area contributed by atoms with Crippen molar-refractivity contribution in [3.63, 3.8) is 0 Å². The van der Waals surface area contributed by atoms with Gasteiger partial charge in [-0.1, -0.05) is 0 Å². The van der Waals surface area contributed by atoms with Gasteiger partial charge in [0, 0.05) is 44.7 Å². The maximum atomic E-state index is 16.6. The quantitative estimate of drug-likeness (QED) is 0.302. The lowest BCUT2D eigenvalue weighted by atomic mass is 9.90. The number of anilines is 2. The number of nitrogens with one attached hydrogen (secondary N) is 1. The van der Waals surface area contributed by atoms with Crippen molar-refractivity contribution in [3.8, 4) is 23.1 Å². The molecule has 3 fully saturated rings. The van der Waals surface area contributed by atoms with Crippen LogP contribution in [0.3, 0.4) is 0 Å². The third-order valence-corrected chi connectivity index (χ3v) is 9.39. The fourth-order valence-electron chi connectivity index (χ4n) is 6.87. The molecule has 16 heteroatoms. The number of hydrogen-bond donors (Lipinski definition) is 2. The molecule has 6 heterocycles. The molecule has 3 aromatic rings. The summed E-state index contributed by atoms with van der Waals surface area (Å²) in [6, 6.07) is 0.347. The van der Waals surface area contributed by atoms with Gasteiger partial charge < -0.3 is 34.9 Å². The lowest BCUT2D eigenvalue weighted by Gasteiger charge is -2.50. The number of piperazine rings is 1. The van der Waals surface area contributed by atoms with Crippen molar-refractivity contribution in [2.75, 3.05) is 76.4 Å². The summed E-state index contributed by atoms with van der Waals surface area (Å²) in [6.45, 7) is 8.39. The van der Waals surface area contributed by atoms with E-state index in [0.29, 0.717) is 58.3 Å². The molecule has 248 valence electrons. The van der Waals surface area contributed by atoms with Gasteiger partial charge in [-0.05, 0) is 25.5 Å². The normalized spacial score (nSPS) is 23.0. The topological polar surface area (TPSA) is 120 Å². The number of benzene rings is 1. The Kier molecular flexibility index (Phi) is 7.81. The zero-order valence-electron chi connectivity index (χ0n) is 25.3. The van der Waals surface area contributed by atoms with Gasteiger partial charge >= 0.3 is 12.2 Å². The van der Waals surface area contributed by atoms with Gasteiger partial charge in [-0.3, -0.25) is 4.90 Å². The highest BCUT2D eigenvalue weighted by atomic mass is 19.4. The first-order chi connectivity index (χ1) is 22.0. The fraction of sp³-hybridized carbons (Fsp3) is 0.567. The largest absolute Gasteiger partial charge is 0.472 e. The lowest BCUT2D eigenvalue weighted by molar-refractivity contribution is -0.166. The molecule has 0 spiro atoms. The van der Waals surface area contributed by atoms with Crippen LogP contribution in [0.15, 0.2) is 6.07 Å². The molecular weight excluding hydrogens is 617 g/mol. The summed E-state index contributed by atoms with van der Waals surface area (Å²) in [5.74, 6) is -2.23. The van der Waals surface area contributed by atoms with Crippen molar-refractivity contribution < 1.29 is 40.9 Å². The van der Waals surface area contributed by atoms with Gasteiger partial charge in [-0.2, -0.15) is 23.1 Å². The monoisotopic (exact) mass is 651 g/mol. The van der Waals surface area contributed by atoms with Gasteiger partial charge in [-0.15, -0.1) is 0 Å². The van der Waals surface area contributed by atoms with Crippen molar-refractivity contribution in [3.05, 3.63) is 28.8 Å². The third-order valence-electron chi connectivity index (χ3n) is 9.39. The summed E-state index contributed by atoms with van der Waals surface area (Å²) >= 11 is 0. The van der Waals surface area contributed by atoms with E-state index in [9.17, 15) is 17.6 Å². The Hall–Kier alpha value is -3.60. The number of halogens is 5. The number of nitrogens with two attached hydrogens (primary N) is 1. The molecule has 0 unspecified atom stereocenters. The number of aromatic nitrogens is 3. The van der Waals surface area contributed by atoms with Crippen LogP contribution in [0.25, 0.3) is 22.2 Å². The summed E-state index contributed by atoms with van der Waals surface area (Å²) in [5, 5.41) is 3.42. The predicted octanol–water partition coefficient (Wildman–Crippen LogP) is 3.31. The van der Waals surface area contributed by atoms with Crippen molar-refractivity contribution in [1.29, 1.82) is 0 Å². The van der Waals surface area contributed by atoms with E-state index in [2.05, 4.69) is 20.2 Å². The van der Waals surface area contributed by atoms with Gasteiger partial charge in [0.1, 0.15) is 34.3 Å². The Morgan fingerprint density at radius 2 is 1.85 bits per heavy atom. The molecule has 0 radical (unpaired) electrons. The summed E-state index contributed by atoms with van der Waals surface area (Å²) in [6.07, 6.45) is -4.98. The average molecular weight is 652 g/mol. The predicted molar refractivity (Wildman–Crippen MR) is 157 cm³/mol. The minimum atomic E-state index is -5.04. The molecule has 2 aromatic heterocycles. The zero-order chi connectivity index (χ0) is 32.4. The standard InChI is InChI=1S/C30H34F5N7O4/c1-15-21(30(33,34)35)17(11-18(36)22(15)31)24-23(32)25-20-26(42-5-4-37-12-19(42)16(2)46-27(20)38-24)40-28(39-25)45-8-3-29(13-44-14-29)41-6-9-43-10-7-41/h11,16,19,37H,3-10,12-14,36H2,1-2H3/t16-,19-/m0/s1. The van der Waals surface area contributed by atoms with E-state index >= 15 is 4.39 Å². The lowest BCUT2D eigenvalue weighted by Crippen LogP contribution is -2.65. The molecule has 3 N–H and O–H groups in total. The molecule has 46 heavy (non-hydrogen) atoms. The number of ether oxygens (including phenoxy) is 4.